The monoisotopic (exact) mass is 394 g/mol. The van der Waals surface area contributed by atoms with Gasteiger partial charge in [0.1, 0.15) is 11.5 Å². The summed E-state index contributed by atoms with van der Waals surface area (Å²) in [5, 5.41) is 13.3. The Balaban J connectivity index is 1.90. The van der Waals surface area contributed by atoms with Gasteiger partial charge in [0.05, 0.1) is 17.2 Å². The number of anilines is 1. The molecule has 0 unspecified atom stereocenters. The third-order valence-electron chi connectivity index (χ3n) is 2.94. The number of non-ortho nitro benzene ring substituents is 1. The van der Waals surface area contributed by atoms with Gasteiger partial charge in [-0.05, 0) is 53.2 Å². The summed E-state index contributed by atoms with van der Waals surface area (Å²) >= 11 is 3.19. The molecule has 8 heteroatoms. The topological polar surface area (TPSA) is 90.7 Å². The van der Waals surface area contributed by atoms with Crippen molar-refractivity contribution >= 4 is 33.2 Å². The fourth-order valence-corrected chi connectivity index (χ4v) is 2.32. The van der Waals surface area contributed by atoms with Crippen LogP contribution in [0.1, 0.15) is 6.92 Å². The van der Waals surface area contributed by atoms with E-state index in [-0.39, 0.29) is 18.2 Å². The number of hydrogen-bond donors (Lipinski definition) is 1. The van der Waals surface area contributed by atoms with Crippen molar-refractivity contribution in [2.24, 2.45) is 0 Å². The van der Waals surface area contributed by atoms with Crippen LogP contribution in [0, 0.1) is 10.1 Å². The molecule has 0 spiro atoms. The molecule has 0 bridgehead atoms. The van der Waals surface area contributed by atoms with E-state index in [1.165, 1.54) is 18.2 Å². The van der Waals surface area contributed by atoms with Gasteiger partial charge in [0.2, 0.25) is 0 Å². The van der Waals surface area contributed by atoms with E-state index in [2.05, 4.69) is 21.2 Å². The third-order valence-corrected chi connectivity index (χ3v) is 3.60. The van der Waals surface area contributed by atoms with Gasteiger partial charge in [-0.2, -0.15) is 0 Å². The summed E-state index contributed by atoms with van der Waals surface area (Å²) in [6, 6.07) is 11.0. The average molecular weight is 395 g/mol. The molecule has 0 radical (unpaired) electrons. The first-order valence-corrected chi connectivity index (χ1v) is 7.88. The van der Waals surface area contributed by atoms with E-state index < -0.39 is 4.92 Å². The maximum absolute atomic E-state index is 11.9. The summed E-state index contributed by atoms with van der Waals surface area (Å²) in [6.45, 7) is 2.29. The number of nitro benzene ring substituents is 1. The van der Waals surface area contributed by atoms with Gasteiger partial charge in [-0.1, -0.05) is 0 Å². The van der Waals surface area contributed by atoms with E-state index in [0.29, 0.717) is 22.5 Å². The SMILES string of the molecule is CCOc1ccc(OCC(=O)Nc2ccc([N+](=O)[O-])cc2Br)cc1. The summed E-state index contributed by atoms with van der Waals surface area (Å²) in [5.74, 6) is 0.888. The molecule has 1 amide bonds. The van der Waals surface area contributed by atoms with Gasteiger partial charge in [-0.25, -0.2) is 0 Å². The smallest absolute Gasteiger partial charge is 0.270 e. The summed E-state index contributed by atoms with van der Waals surface area (Å²) in [6.07, 6.45) is 0. The van der Waals surface area contributed by atoms with E-state index in [4.69, 9.17) is 9.47 Å². The van der Waals surface area contributed by atoms with Crippen LogP contribution in [0.25, 0.3) is 0 Å². The van der Waals surface area contributed by atoms with Crippen LogP contribution < -0.4 is 14.8 Å². The number of amides is 1. The zero-order chi connectivity index (χ0) is 17.5. The Hall–Kier alpha value is -2.61. The largest absolute Gasteiger partial charge is 0.494 e. The van der Waals surface area contributed by atoms with Gasteiger partial charge >= 0.3 is 0 Å². The summed E-state index contributed by atoms with van der Waals surface area (Å²) < 4.78 is 11.1. The number of carbonyl (C=O) groups is 1. The highest BCUT2D eigenvalue weighted by molar-refractivity contribution is 9.10. The molecule has 7 nitrogen and oxygen atoms in total. The van der Waals surface area contributed by atoms with Crippen LogP contribution in [0.3, 0.4) is 0 Å². The van der Waals surface area contributed by atoms with Crippen LogP contribution in [-0.4, -0.2) is 24.0 Å². The Morgan fingerprint density at radius 3 is 2.33 bits per heavy atom. The van der Waals surface area contributed by atoms with Crippen molar-refractivity contribution < 1.29 is 19.2 Å². The highest BCUT2D eigenvalue weighted by Gasteiger charge is 2.11. The van der Waals surface area contributed by atoms with E-state index >= 15 is 0 Å². The highest BCUT2D eigenvalue weighted by Crippen LogP contribution is 2.27. The van der Waals surface area contributed by atoms with Crippen LogP contribution in [0.5, 0.6) is 11.5 Å². The Morgan fingerprint density at radius 2 is 1.79 bits per heavy atom. The summed E-state index contributed by atoms with van der Waals surface area (Å²) in [5.41, 5.74) is 0.367. The Morgan fingerprint density at radius 1 is 1.17 bits per heavy atom. The zero-order valence-electron chi connectivity index (χ0n) is 12.8. The molecular weight excluding hydrogens is 380 g/mol. The normalized spacial score (nSPS) is 10.1. The van der Waals surface area contributed by atoms with Gasteiger partial charge in [0.25, 0.3) is 11.6 Å². The molecule has 2 aromatic rings. The Bertz CT molecular complexity index is 734. The quantitative estimate of drug-likeness (QED) is 0.569. The van der Waals surface area contributed by atoms with Crippen molar-refractivity contribution in [3.8, 4) is 11.5 Å². The van der Waals surface area contributed by atoms with Gasteiger partial charge in [-0.15, -0.1) is 0 Å². The van der Waals surface area contributed by atoms with Crippen molar-refractivity contribution in [3.63, 3.8) is 0 Å². The number of nitro groups is 1. The van der Waals surface area contributed by atoms with Crippen molar-refractivity contribution in [1.29, 1.82) is 0 Å². The number of nitrogens with zero attached hydrogens (tertiary/aromatic N) is 1. The lowest BCUT2D eigenvalue weighted by molar-refractivity contribution is -0.384. The van der Waals surface area contributed by atoms with E-state index in [9.17, 15) is 14.9 Å². The first-order valence-electron chi connectivity index (χ1n) is 7.09. The van der Waals surface area contributed by atoms with Gasteiger partial charge in [-0.3, -0.25) is 14.9 Å². The molecule has 24 heavy (non-hydrogen) atoms. The second kappa shape index (κ2) is 8.30. The third kappa shape index (κ3) is 4.95. The number of benzene rings is 2. The van der Waals surface area contributed by atoms with Gasteiger partial charge in [0.15, 0.2) is 6.61 Å². The van der Waals surface area contributed by atoms with Crippen LogP contribution >= 0.6 is 15.9 Å². The van der Waals surface area contributed by atoms with Crippen LogP contribution in [0.2, 0.25) is 0 Å². The number of nitrogens with one attached hydrogen (secondary N) is 1. The molecule has 1 N–H and O–H groups in total. The fourth-order valence-electron chi connectivity index (χ4n) is 1.85. The van der Waals surface area contributed by atoms with Crippen molar-refractivity contribution in [1.82, 2.24) is 0 Å². The maximum Gasteiger partial charge on any atom is 0.270 e. The first kappa shape index (κ1) is 17.7. The molecule has 0 aliphatic heterocycles. The molecule has 0 saturated heterocycles. The maximum atomic E-state index is 11.9. The summed E-state index contributed by atoms with van der Waals surface area (Å²) in [7, 11) is 0. The molecular formula is C16H15BrN2O5. The molecule has 126 valence electrons. The van der Waals surface area contributed by atoms with E-state index in [1.807, 2.05) is 6.92 Å². The highest BCUT2D eigenvalue weighted by atomic mass is 79.9. The average Bonchev–Trinajstić information content (AvgIpc) is 2.56. The lowest BCUT2D eigenvalue weighted by atomic mass is 10.3. The van der Waals surface area contributed by atoms with Gasteiger partial charge in [0, 0.05) is 16.6 Å². The Kier molecular flexibility index (Phi) is 6.14. The molecule has 0 fully saturated rings. The van der Waals surface area contributed by atoms with E-state index in [1.54, 1.807) is 24.3 Å². The van der Waals surface area contributed by atoms with E-state index in [0.717, 1.165) is 5.75 Å². The van der Waals surface area contributed by atoms with Gasteiger partial charge < -0.3 is 14.8 Å². The standard InChI is InChI=1S/C16H15BrN2O5/c1-2-23-12-4-6-13(7-5-12)24-10-16(20)18-15-8-3-11(19(21)22)9-14(15)17/h3-9H,2,10H2,1H3,(H,18,20). The fraction of sp³-hybridized carbons (Fsp3) is 0.188. The van der Waals surface area contributed by atoms with Crippen LogP contribution in [0.15, 0.2) is 46.9 Å². The first-order chi connectivity index (χ1) is 11.5. The second-order valence-corrected chi connectivity index (χ2v) is 5.52. The molecule has 0 heterocycles. The summed E-state index contributed by atoms with van der Waals surface area (Å²) in [4.78, 5) is 22.1. The predicted molar refractivity (Wildman–Crippen MR) is 92.5 cm³/mol. The molecule has 0 saturated carbocycles. The lowest BCUT2D eigenvalue weighted by Gasteiger charge is -2.09. The second-order valence-electron chi connectivity index (χ2n) is 4.66. The van der Waals surface area contributed by atoms with Crippen molar-refractivity contribution in [2.75, 3.05) is 18.5 Å². The number of carbonyl (C=O) groups excluding carboxylic acids is 1. The number of halogens is 1. The minimum absolute atomic E-state index is 0.0643. The number of hydrogen-bond acceptors (Lipinski definition) is 5. The van der Waals surface area contributed by atoms with Crippen molar-refractivity contribution in [2.45, 2.75) is 6.92 Å². The molecule has 0 aliphatic rings. The van der Waals surface area contributed by atoms with Crippen LogP contribution in [-0.2, 0) is 4.79 Å². The predicted octanol–water partition coefficient (Wildman–Crippen LogP) is 3.77. The zero-order valence-corrected chi connectivity index (χ0v) is 14.4. The number of rotatable bonds is 7. The van der Waals surface area contributed by atoms with Crippen molar-refractivity contribution in [3.05, 3.63) is 57.1 Å². The molecule has 0 aliphatic carbocycles. The molecule has 2 aromatic carbocycles. The minimum atomic E-state index is -0.509. The molecule has 2 rings (SSSR count). The number of ether oxygens (including phenoxy) is 2. The molecule has 0 atom stereocenters. The minimum Gasteiger partial charge on any atom is -0.494 e. The molecule has 0 aromatic heterocycles. The Labute approximate surface area is 146 Å². The van der Waals surface area contributed by atoms with Crippen LogP contribution in [0.4, 0.5) is 11.4 Å². The lowest BCUT2D eigenvalue weighted by Crippen LogP contribution is -2.20.